The predicted octanol–water partition coefficient (Wildman–Crippen LogP) is 1.61. The van der Waals surface area contributed by atoms with Crippen LogP contribution < -0.4 is 5.73 Å². The number of halogens is 1. The minimum absolute atomic E-state index is 0.179. The summed E-state index contributed by atoms with van der Waals surface area (Å²) >= 11 is 3.26. The summed E-state index contributed by atoms with van der Waals surface area (Å²) in [7, 11) is 0. The first-order valence-corrected chi connectivity index (χ1v) is 4.10. The third-order valence-corrected chi connectivity index (χ3v) is 2.15. The Morgan fingerprint density at radius 3 is 3.00 bits per heavy atom. The Balaban J connectivity index is 2.88. The number of nitrogen functional groups attached to an aromatic ring is 1. The highest BCUT2D eigenvalue weighted by Crippen LogP contribution is 2.27. The SMILES string of the molecule is Nc1nc2c(Br)cc(O)cc2[nH]1. The maximum atomic E-state index is 9.20. The van der Waals surface area contributed by atoms with E-state index < -0.39 is 0 Å². The third-order valence-electron chi connectivity index (χ3n) is 1.54. The maximum Gasteiger partial charge on any atom is 0.198 e. The second-order valence-electron chi connectivity index (χ2n) is 2.45. The molecule has 1 aromatic heterocycles. The summed E-state index contributed by atoms with van der Waals surface area (Å²) in [6.07, 6.45) is 0. The molecule has 2 rings (SSSR count). The van der Waals surface area contributed by atoms with Crippen LogP contribution in [0.25, 0.3) is 11.0 Å². The van der Waals surface area contributed by atoms with Gasteiger partial charge in [-0.15, -0.1) is 0 Å². The number of nitrogens with one attached hydrogen (secondary N) is 1. The van der Waals surface area contributed by atoms with Crippen LogP contribution in [0.4, 0.5) is 5.95 Å². The Morgan fingerprint density at radius 1 is 1.50 bits per heavy atom. The number of phenols is 1. The molecule has 0 spiro atoms. The van der Waals surface area contributed by atoms with Crippen molar-refractivity contribution in [2.45, 2.75) is 0 Å². The first-order chi connectivity index (χ1) is 5.66. The van der Waals surface area contributed by atoms with Gasteiger partial charge in [0.15, 0.2) is 5.95 Å². The number of fused-ring (bicyclic) bond motifs is 1. The van der Waals surface area contributed by atoms with Gasteiger partial charge in [-0.2, -0.15) is 0 Å². The quantitative estimate of drug-likeness (QED) is 0.641. The molecule has 0 aliphatic rings. The van der Waals surface area contributed by atoms with Crippen LogP contribution >= 0.6 is 15.9 Å². The molecule has 0 aliphatic carbocycles. The van der Waals surface area contributed by atoms with Gasteiger partial charge in [-0.3, -0.25) is 0 Å². The minimum Gasteiger partial charge on any atom is -0.508 e. The van der Waals surface area contributed by atoms with E-state index in [4.69, 9.17) is 5.73 Å². The fourth-order valence-electron chi connectivity index (χ4n) is 1.08. The number of H-pyrrole nitrogens is 1. The zero-order valence-electron chi connectivity index (χ0n) is 6.00. The van der Waals surface area contributed by atoms with Crippen LogP contribution in [-0.2, 0) is 0 Å². The summed E-state index contributed by atoms with van der Waals surface area (Å²) in [4.78, 5) is 6.83. The van der Waals surface area contributed by atoms with Crippen LogP contribution in [0.1, 0.15) is 0 Å². The van der Waals surface area contributed by atoms with Crippen molar-refractivity contribution in [3.05, 3.63) is 16.6 Å². The number of imidazole rings is 1. The topological polar surface area (TPSA) is 74.9 Å². The number of anilines is 1. The van der Waals surface area contributed by atoms with E-state index in [-0.39, 0.29) is 5.75 Å². The number of aromatic nitrogens is 2. The van der Waals surface area contributed by atoms with Gasteiger partial charge in [-0.1, -0.05) is 0 Å². The molecule has 0 atom stereocenters. The molecule has 1 aromatic carbocycles. The average molecular weight is 228 g/mol. The fourth-order valence-corrected chi connectivity index (χ4v) is 1.62. The van der Waals surface area contributed by atoms with Gasteiger partial charge < -0.3 is 15.8 Å². The van der Waals surface area contributed by atoms with E-state index in [1.165, 1.54) is 0 Å². The number of nitrogens with two attached hydrogens (primary N) is 1. The molecule has 0 saturated carbocycles. The summed E-state index contributed by atoms with van der Waals surface area (Å²) in [6, 6.07) is 3.14. The Bertz CT molecular complexity index is 437. The smallest absolute Gasteiger partial charge is 0.198 e. The first-order valence-electron chi connectivity index (χ1n) is 3.30. The summed E-state index contributed by atoms with van der Waals surface area (Å²) < 4.78 is 0.727. The third kappa shape index (κ3) is 1.02. The number of phenolic OH excluding ortho intramolecular Hbond substituents is 1. The van der Waals surface area contributed by atoms with Crippen molar-refractivity contribution >= 4 is 32.9 Å². The van der Waals surface area contributed by atoms with Crippen molar-refractivity contribution in [1.29, 1.82) is 0 Å². The number of hydrogen-bond acceptors (Lipinski definition) is 3. The lowest BCUT2D eigenvalue weighted by Crippen LogP contribution is -1.84. The Labute approximate surface area is 76.5 Å². The maximum absolute atomic E-state index is 9.20. The van der Waals surface area contributed by atoms with Crippen LogP contribution in [0.2, 0.25) is 0 Å². The molecule has 12 heavy (non-hydrogen) atoms. The van der Waals surface area contributed by atoms with Crippen molar-refractivity contribution < 1.29 is 5.11 Å². The second-order valence-corrected chi connectivity index (χ2v) is 3.30. The van der Waals surface area contributed by atoms with Gasteiger partial charge in [0.2, 0.25) is 0 Å². The van der Waals surface area contributed by atoms with Crippen molar-refractivity contribution in [2.75, 3.05) is 5.73 Å². The molecule has 0 aliphatic heterocycles. The van der Waals surface area contributed by atoms with Crippen LogP contribution in [0.3, 0.4) is 0 Å². The number of rotatable bonds is 0. The van der Waals surface area contributed by atoms with E-state index in [0.717, 1.165) is 15.5 Å². The van der Waals surface area contributed by atoms with Crippen molar-refractivity contribution in [1.82, 2.24) is 9.97 Å². The van der Waals surface area contributed by atoms with Gasteiger partial charge in [0, 0.05) is 10.5 Å². The number of aromatic amines is 1. The molecule has 62 valence electrons. The zero-order chi connectivity index (χ0) is 8.72. The Hall–Kier alpha value is -1.23. The largest absolute Gasteiger partial charge is 0.508 e. The van der Waals surface area contributed by atoms with Crippen LogP contribution in [0.15, 0.2) is 16.6 Å². The normalized spacial score (nSPS) is 10.8. The van der Waals surface area contributed by atoms with Gasteiger partial charge in [0.25, 0.3) is 0 Å². The second kappa shape index (κ2) is 2.38. The van der Waals surface area contributed by atoms with Crippen LogP contribution in [0.5, 0.6) is 5.75 Å². The molecular weight excluding hydrogens is 222 g/mol. The molecule has 0 radical (unpaired) electrons. The molecule has 0 fully saturated rings. The predicted molar refractivity (Wildman–Crippen MR) is 49.9 cm³/mol. The highest BCUT2D eigenvalue weighted by atomic mass is 79.9. The van der Waals surface area contributed by atoms with Gasteiger partial charge in [-0.25, -0.2) is 4.98 Å². The molecule has 5 heteroatoms. The average Bonchev–Trinajstić information content (AvgIpc) is 2.29. The molecule has 4 nitrogen and oxygen atoms in total. The van der Waals surface area contributed by atoms with Gasteiger partial charge in [-0.05, 0) is 22.0 Å². The molecule has 2 aromatic rings. The molecule has 0 bridgehead atoms. The van der Waals surface area contributed by atoms with Crippen molar-refractivity contribution in [3.8, 4) is 5.75 Å². The lowest BCUT2D eigenvalue weighted by atomic mass is 10.3. The molecule has 0 amide bonds. The molecule has 4 N–H and O–H groups in total. The summed E-state index contributed by atoms with van der Waals surface area (Å²) in [5.41, 5.74) is 6.89. The van der Waals surface area contributed by atoms with Gasteiger partial charge in [0.05, 0.1) is 5.52 Å². The standard InChI is InChI=1S/C7H6BrN3O/c8-4-1-3(12)2-5-6(4)11-7(9)10-5/h1-2,12H,(H3,9,10,11). The molecule has 0 saturated heterocycles. The highest BCUT2D eigenvalue weighted by molar-refractivity contribution is 9.10. The van der Waals surface area contributed by atoms with E-state index >= 15 is 0 Å². The van der Waals surface area contributed by atoms with Gasteiger partial charge >= 0.3 is 0 Å². The summed E-state index contributed by atoms with van der Waals surface area (Å²) in [6.45, 7) is 0. The van der Waals surface area contributed by atoms with E-state index in [9.17, 15) is 5.11 Å². The van der Waals surface area contributed by atoms with E-state index in [0.29, 0.717) is 5.95 Å². The number of benzene rings is 1. The number of nitrogens with zero attached hydrogens (tertiary/aromatic N) is 1. The van der Waals surface area contributed by atoms with Crippen LogP contribution in [0, 0.1) is 0 Å². The van der Waals surface area contributed by atoms with Crippen molar-refractivity contribution in [3.63, 3.8) is 0 Å². The first kappa shape index (κ1) is 7.42. The van der Waals surface area contributed by atoms with Gasteiger partial charge in [0.1, 0.15) is 11.3 Å². The Morgan fingerprint density at radius 2 is 2.25 bits per heavy atom. The minimum atomic E-state index is 0.179. The molecule has 0 unspecified atom stereocenters. The zero-order valence-corrected chi connectivity index (χ0v) is 7.59. The van der Waals surface area contributed by atoms with E-state index in [1.807, 2.05) is 0 Å². The molecule has 1 heterocycles. The van der Waals surface area contributed by atoms with E-state index in [1.54, 1.807) is 12.1 Å². The van der Waals surface area contributed by atoms with Crippen LogP contribution in [-0.4, -0.2) is 15.1 Å². The fraction of sp³-hybridized carbons (Fsp3) is 0. The van der Waals surface area contributed by atoms with Crippen molar-refractivity contribution in [2.24, 2.45) is 0 Å². The molecular formula is C7H6BrN3O. The Kier molecular flexibility index (Phi) is 1.47. The number of hydrogen-bond donors (Lipinski definition) is 3. The van der Waals surface area contributed by atoms with E-state index in [2.05, 4.69) is 25.9 Å². The monoisotopic (exact) mass is 227 g/mol. The summed E-state index contributed by atoms with van der Waals surface area (Å²) in [5.74, 6) is 0.523. The summed E-state index contributed by atoms with van der Waals surface area (Å²) in [5, 5.41) is 9.20. The lowest BCUT2D eigenvalue weighted by molar-refractivity contribution is 0.475. The number of aromatic hydroxyl groups is 1. The lowest BCUT2D eigenvalue weighted by Gasteiger charge is -1.93. The highest BCUT2D eigenvalue weighted by Gasteiger charge is 2.05.